The van der Waals surface area contributed by atoms with Crippen LogP contribution in [-0.4, -0.2) is 25.4 Å². The van der Waals surface area contributed by atoms with Crippen LogP contribution in [0.15, 0.2) is 58.8 Å². The summed E-state index contributed by atoms with van der Waals surface area (Å²) in [4.78, 5) is 19.2. The van der Waals surface area contributed by atoms with Crippen molar-refractivity contribution >= 4 is 38.1 Å². The van der Waals surface area contributed by atoms with Crippen molar-refractivity contribution in [3.63, 3.8) is 0 Å². The van der Waals surface area contributed by atoms with Crippen LogP contribution in [0, 0.1) is 6.92 Å². The lowest BCUT2D eigenvalue weighted by atomic mass is 10.1. The lowest BCUT2D eigenvalue weighted by Crippen LogP contribution is -2.36. The minimum atomic E-state index is -3.71. The predicted molar refractivity (Wildman–Crippen MR) is 115 cm³/mol. The fourth-order valence-corrected chi connectivity index (χ4v) is 5.48. The van der Waals surface area contributed by atoms with Crippen molar-refractivity contribution in [2.45, 2.75) is 37.6 Å². The Labute approximate surface area is 174 Å². The number of benzene rings is 2. The number of amides is 1. The molecule has 1 unspecified atom stereocenters. The SMILES string of the molecule is Cc1ccc(S(=O)(=O)Nc2nc(CC(=O)N3c4ccccc4CC3C)cs2)cc1. The molecule has 1 N–H and O–H groups in total. The van der Waals surface area contributed by atoms with Gasteiger partial charge in [-0.1, -0.05) is 35.9 Å². The Balaban J connectivity index is 1.47. The van der Waals surface area contributed by atoms with E-state index in [9.17, 15) is 13.2 Å². The van der Waals surface area contributed by atoms with Crippen LogP contribution in [0.1, 0.15) is 23.7 Å². The summed E-state index contributed by atoms with van der Waals surface area (Å²) < 4.78 is 27.5. The first kappa shape index (κ1) is 19.6. The molecule has 0 spiro atoms. The van der Waals surface area contributed by atoms with E-state index in [1.807, 2.05) is 43.0 Å². The maximum atomic E-state index is 12.9. The molecule has 8 heteroatoms. The van der Waals surface area contributed by atoms with Gasteiger partial charge in [-0.15, -0.1) is 11.3 Å². The highest BCUT2D eigenvalue weighted by molar-refractivity contribution is 7.93. The summed E-state index contributed by atoms with van der Waals surface area (Å²) in [5, 5.41) is 1.97. The van der Waals surface area contributed by atoms with Gasteiger partial charge in [-0.25, -0.2) is 13.4 Å². The van der Waals surface area contributed by atoms with Gasteiger partial charge >= 0.3 is 0 Å². The number of aryl methyl sites for hydroxylation is 1. The smallest absolute Gasteiger partial charge is 0.263 e. The molecule has 0 saturated heterocycles. The minimum absolute atomic E-state index is 0.0410. The molecule has 29 heavy (non-hydrogen) atoms. The number of carbonyl (C=O) groups excluding carboxylic acids is 1. The maximum Gasteiger partial charge on any atom is 0.263 e. The van der Waals surface area contributed by atoms with Crippen LogP contribution in [0.25, 0.3) is 0 Å². The van der Waals surface area contributed by atoms with Crippen LogP contribution >= 0.6 is 11.3 Å². The summed E-state index contributed by atoms with van der Waals surface area (Å²) in [6, 6.07) is 14.6. The average molecular weight is 428 g/mol. The van der Waals surface area contributed by atoms with Gasteiger partial charge in [0.1, 0.15) is 0 Å². The van der Waals surface area contributed by atoms with Crippen molar-refractivity contribution in [3.05, 3.63) is 70.7 Å². The predicted octanol–water partition coefficient (Wildman–Crippen LogP) is 3.77. The average Bonchev–Trinajstić information content (AvgIpc) is 3.24. The Kier molecular flexibility index (Phi) is 5.14. The molecule has 2 aromatic carbocycles. The lowest BCUT2D eigenvalue weighted by Gasteiger charge is -2.22. The molecule has 1 atom stereocenters. The fraction of sp³-hybridized carbons (Fsp3) is 0.238. The Morgan fingerprint density at radius 1 is 1.21 bits per heavy atom. The summed E-state index contributed by atoms with van der Waals surface area (Å²) in [5.41, 5.74) is 3.65. The van der Waals surface area contributed by atoms with Crippen LogP contribution < -0.4 is 9.62 Å². The van der Waals surface area contributed by atoms with Crippen molar-refractivity contribution in [1.29, 1.82) is 0 Å². The number of nitrogens with one attached hydrogen (secondary N) is 1. The molecule has 0 fully saturated rings. The lowest BCUT2D eigenvalue weighted by molar-refractivity contribution is -0.118. The van der Waals surface area contributed by atoms with E-state index in [4.69, 9.17) is 0 Å². The first-order chi connectivity index (χ1) is 13.8. The van der Waals surface area contributed by atoms with E-state index in [0.717, 1.165) is 23.2 Å². The van der Waals surface area contributed by atoms with E-state index in [0.29, 0.717) is 5.69 Å². The quantitative estimate of drug-likeness (QED) is 0.672. The van der Waals surface area contributed by atoms with Gasteiger partial charge in [-0.2, -0.15) is 0 Å². The van der Waals surface area contributed by atoms with Crippen LogP contribution in [0.2, 0.25) is 0 Å². The zero-order chi connectivity index (χ0) is 20.6. The first-order valence-corrected chi connectivity index (χ1v) is 11.6. The topological polar surface area (TPSA) is 79.4 Å². The third kappa shape index (κ3) is 4.04. The van der Waals surface area contributed by atoms with Crippen molar-refractivity contribution in [3.8, 4) is 0 Å². The van der Waals surface area contributed by atoms with Crippen LogP contribution in [-0.2, 0) is 27.7 Å². The van der Waals surface area contributed by atoms with E-state index in [1.54, 1.807) is 29.6 Å². The van der Waals surface area contributed by atoms with E-state index in [-0.39, 0.29) is 28.4 Å². The van der Waals surface area contributed by atoms with Crippen LogP contribution in [0.5, 0.6) is 0 Å². The van der Waals surface area contributed by atoms with Crippen LogP contribution in [0.4, 0.5) is 10.8 Å². The van der Waals surface area contributed by atoms with Crippen molar-refractivity contribution in [1.82, 2.24) is 4.98 Å². The van der Waals surface area contributed by atoms with Gasteiger partial charge in [-0.05, 0) is 44.0 Å². The number of hydrogen-bond acceptors (Lipinski definition) is 5. The summed E-state index contributed by atoms with van der Waals surface area (Å²) in [5.74, 6) is -0.0410. The minimum Gasteiger partial charge on any atom is -0.309 e. The second-order valence-corrected chi connectivity index (χ2v) is 9.73. The Morgan fingerprint density at radius 2 is 1.93 bits per heavy atom. The number of sulfonamides is 1. The first-order valence-electron chi connectivity index (χ1n) is 9.27. The molecule has 0 bridgehead atoms. The number of carbonyl (C=O) groups is 1. The van der Waals surface area contributed by atoms with E-state index in [2.05, 4.69) is 9.71 Å². The molecule has 4 rings (SSSR count). The van der Waals surface area contributed by atoms with Crippen molar-refractivity contribution in [2.24, 2.45) is 0 Å². The van der Waals surface area contributed by atoms with E-state index >= 15 is 0 Å². The van der Waals surface area contributed by atoms with Crippen LogP contribution in [0.3, 0.4) is 0 Å². The summed E-state index contributed by atoms with van der Waals surface area (Å²) >= 11 is 1.17. The number of anilines is 2. The highest BCUT2D eigenvalue weighted by Crippen LogP contribution is 2.32. The van der Waals surface area contributed by atoms with Gasteiger partial charge in [0.25, 0.3) is 10.0 Å². The maximum absolute atomic E-state index is 12.9. The third-order valence-corrected chi connectivity index (χ3v) is 7.20. The zero-order valence-electron chi connectivity index (χ0n) is 16.1. The monoisotopic (exact) mass is 427 g/mol. The number of nitrogens with zero attached hydrogens (tertiary/aromatic N) is 2. The van der Waals surface area contributed by atoms with E-state index in [1.165, 1.54) is 11.3 Å². The highest BCUT2D eigenvalue weighted by Gasteiger charge is 2.30. The number of hydrogen-bond donors (Lipinski definition) is 1. The highest BCUT2D eigenvalue weighted by atomic mass is 32.2. The standard InChI is InChI=1S/C21H21N3O3S2/c1-14-7-9-18(10-8-14)29(26,27)23-21-22-17(13-28-21)12-20(25)24-15(2)11-16-5-3-4-6-19(16)24/h3-10,13,15H,11-12H2,1-2H3,(H,22,23). The molecular formula is C21H21N3O3S2. The largest absolute Gasteiger partial charge is 0.309 e. The molecule has 1 amide bonds. The molecule has 150 valence electrons. The molecule has 0 aliphatic carbocycles. The molecule has 1 aliphatic rings. The number of aromatic nitrogens is 1. The second-order valence-electron chi connectivity index (χ2n) is 7.18. The fourth-order valence-electron chi connectivity index (χ4n) is 3.51. The molecule has 0 radical (unpaired) electrons. The molecular weight excluding hydrogens is 406 g/mol. The van der Waals surface area contributed by atoms with Crippen molar-refractivity contribution in [2.75, 3.05) is 9.62 Å². The number of fused-ring (bicyclic) bond motifs is 1. The normalized spacial score (nSPS) is 15.9. The third-order valence-electron chi connectivity index (χ3n) is 4.91. The molecule has 1 aliphatic heterocycles. The molecule has 2 heterocycles. The van der Waals surface area contributed by atoms with Gasteiger partial charge < -0.3 is 4.90 Å². The molecule has 0 saturated carbocycles. The Morgan fingerprint density at radius 3 is 2.69 bits per heavy atom. The van der Waals surface area contributed by atoms with Gasteiger partial charge in [-0.3, -0.25) is 9.52 Å². The Bertz CT molecular complexity index is 1150. The summed E-state index contributed by atoms with van der Waals surface area (Å²) in [6.07, 6.45) is 0.960. The number of thiazole rings is 1. The van der Waals surface area contributed by atoms with Gasteiger partial charge in [0.2, 0.25) is 5.91 Å². The van der Waals surface area contributed by atoms with Gasteiger partial charge in [0.05, 0.1) is 17.0 Å². The molecule has 6 nitrogen and oxygen atoms in total. The summed E-state index contributed by atoms with van der Waals surface area (Å²) in [6.45, 7) is 3.92. The molecule has 3 aromatic rings. The van der Waals surface area contributed by atoms with E-state index < -0.39 is 10.0 Å². The van der Waals surface area contributed by atoms with Gasteiger partial charge in [0.15, 0.2) is 5.13 Å². The second kappa shape index (κ2) is 7.61. The zero-order valence-corrected chi connectivity index (χ0v) is 17.8. The van der Waals surface area contributed by atoms with Gasteiger partial charge in [0, 0.05) is 17.1 Å². The molecule has 1 aromatic heterocycles. The summed E-state index contributed by atoms with van der Waals surface area (Å²) in [7, 11) is -3.71. The number of rotatable bonds is 5. The Hall–Kier alpha value is -2.71. The van der Waals surface area contributed by atoms with Crippen molar-refractivity contribution < 1.29 is 13.2 Å². The number of para-hydroxylation sites is 1.